The summed E-state index contributed by atoms with van der Waals surface area (Å²) in [6, 6.07) is 0. The molecule has 69 valence electrons. The van der Waals surface area contributed by atoms with Crippen LogP contribution in [-0.4, -0.2) is 0 Å². The van der Waals surface area contributed by atoms with Crippen LogP contribution in [0, 0.1) is 6.08 Å². The van der Waals surface area contributed by atoms with E-state index in [0.717, 1.165) is 6.42 Å². The SMILES string of the molecule is [C]1=C(/C2=C/C/C=C\CCC2)CCC1. The van der Waals surface area contributed by atoms with Crippen molar-refractivity contribution in [2.75, 3.05) is 0 Å². The van der Waals surface area contributed by atoms with Crippen LogP contribution in [0.15, 0.2) is 29.4 Å². The van der Waals surface area contributed by atoms with Crippen LogP contribution in [0.2, 0.25) is 0 Å². The van der Waals surface area contributed by atoms with Gasteiger partial charge in [-0.15, -0.1) is 0 Å². The van der Waals surface area contributed by atoms with E-state index in [1.165, 1.54) is 44.1 Å². The molecule has 0 spiro atoms. The van der Waals surface area contributed by atoms with E-state index in [-0.39, 0.29) is 0 Å². The second kappa shape index (κ2) is 4.45. The van der Waals surface area contributed by atoms with Gasteiger partial charge in [0.25, 0.3) is 0 Å². The van der Waals surface area contributed by atoms with Gasteiger partial charge >= 0.3 is 0 Å². The van der Waals surface area contributed by atoms with Crippen LogP contribution < -0.4 is 0 Å². The lowest BCUT2D eigenvalue weighted by Crippen LogP contribution is -1.90. The predicted molar refractivity (Wildman–Crippen MR) is 56.3 cm³/mol. The molecule has 0 atom stereocenters. The van der Waals surface area contributed by atoms with E-state index in [1.807, 2.05) is 0 Å². The monoisotopic (exact) mass is 173 g/mol. The van der Waals surface area contributed by atoms with Crippen LogP contribution in [0.5, 0.6) is 0 Å². The van der Waals surface area contributed by atoms with Gasteiger partial charge in [-0.25, -0.2) is 0 Å². The molecule has 13 heavy (non-hydrogen) atoms. The minimum atomic E-state index is 1.13. The number of allylic oxidation sites excluding steroid dienone is 6. The van der Waals surface area contributed by atoms with E-state index in [9.17, 15) is 0 Å². The summed E-state index contributed by atoms with van der Waals surface area (Å²) in [5.74, 6) is 0. The first kappa shape index (κ1) is 8.80. The fraction of sp³-hybridized carbons (Fsp3) is 0.538. The van der Waals surface area contributed by atoms with Crippen molar-refractivity contribution < 1.29 is 0 Å². The van der Waals surface area contributed by atoms with Gasteiger partial charge in [0.15, 0.2) is 0 Å². The standard InChI is InChI=1S/C13H17/c1-2-4-8-12(9-5-3-1)13-10-6-7-11-13/h1-2,8H,3-7,9-10H2/b2-1-,12-8+. The quantitative estimate of drug-likeness (QED) is 0.526. The fourth-order valence-electron chi connectivity index (χ4n) is 2.08. The smallest absolute Gasteiger partial charge is 0.0163 e. The Morgan fingerprint density at radius 1 is 1.08 bits per heavy atom. The first-order valence-electron chi connectivity index (χ1n) is 5.41. The molecule has 0 saturated carbocycles. The summed E-state index contributed by atoms with van der Waals surface area (Å²) in [6.07, 6.45) is 19.2. The minimum absolute atomic E-state index is 1.13. The van der Waals surface area contributed by atoms with E-state index in [0.29, 0.717) is 0 Å². The summed E-state index contributed by atoms with van der Waals surface area (Å²) in [6.45, 7) is 0. The summed E-state index contributed by atoms with van der Waals surface area (Å²) < 4.78 is 0. The van der Waals surface area contributed by atoms with E-state index in [1.54, 1.807) is 5.57 Å². The van der Waals surface area contributed by atoms with E-state index >= 15 is 0 Å². The molecule has 0 heteroatoms. The van der Waals surface area contributed by atoms with Crippen molar-refractivity contribution >= 4 is 0 Å². The molecule has 0 aromatic heterocycles. The second-order valence-electron chi connectivity index (χ2n) is 3.84. The molecule has 0 aliphatic heterocycles. The highest BCUT2D eigenvalue weighted by Crippen LogP contribution is 2.28. The van der Waals surface area contributed by atoms with Gasteiger partial charge < -0.3 is 0 Å². The maximum absolute atomic E-state index is 3.50. The lowest BCUT2D eigenvalue weighted by Gasteiger charge is -2.09. The maximum Gasteiger partial charge on any atom is -0.0163 e. The molecule has 0 unspecified atom stereocenters. The zero-order valence-corrected chi connectivity index (χ0v) is 8.18. The third-order valence-electron chi connectivity index (χ3n) is 2.81. The zero-order valence-electron chi connectivity index (χ0n) is 8.18. The van der Waals surface area contributed by atoms with Crippen molar-refractivity contribution in [2.24, 2.45) is 0 Å². The third-order valence-corrected chi connectivity index (χ3v) is 2.81. The van der Waals surface area contributed by atoms with Crippen molar-refractivity contribution in [1.29, 1.82) is 0 Å². The highest BCUT2D eigenvalue weighted by atomic mass is 14.1. The average Bonchev–Trinajstić information content (AvgIpc) is 2.55. The molecule has 2 rings (SSSR count). The lowest BCUT2D eigenvalue weighted by molar-refractivity contribution is 0.810. The van der Waals surface area contributed by atoms with Gasteiger partial charge in [0, 0.05) is 0 Å². The Bertz CT molecular complexity index is 253. The molecule has 2 aliphatic carbocycles. The van der Waals surface area contributed by atoms with Gasteiger partial charge in [0.1, 0.15) is 0 Å². The molecule has 0 aromatic rings. The highest BCUT2D eigenvalue weighted by molar-refractivity contribution is 5.31. The van der Waals surface area contributed by atoms with Gasteiger partial charge in [-0.2, -0.15) is 0 Å². The van der Waals surface area contributed by atoms with Crippen LogP contribution in [0.25, 0.3) is 0 Å². The van der Waals surface area contributed by atoms with E-state index in [4.69, 9.17) is 0 Å². The molecule has 2 aliphatic rings. The van der Waals surface area contributed by atoms with Crippen LogP contribution in [-0.2, 0) is 0 Å². The molecule has 0 heterocycles. The molecular formula is C13H17. The Labute approximate surface area is 81.0 Å². The Balaban J connectivity index is 2.06. The lowest BCUT2D eigenvalue weighted by atomic mass is 9.97. The summed E-state index contributed by atoms with van der Waals surface area (Å²) in [5.41, 5.74) is 3.11. The van der Waals surface area contributed by atoms with E-state index < -0.39 is 0 Å². The number of hydrogen-bond donors (Lipinski definition) is 0. The van der Waals surface area contributed by atoms with Crippen molar-refractivity contribution in [2.45, 2.75) is 44.9 Å². The Hall–Kier alpha value is -0.780. The van der Waals surface area contributed by atoms with Crippen LogP contribution in [0.4, 0.5) is 0 Å². The summed E-state index contributed by atoms with van der Waals surface area (Å²) >= 11 is 0. The van der Waals surface area contributed by atoms with Gasteiger partial charge in [-0.3, -0.25) is 0 Å². The van der Waals surface area contributed by atoms with Crippen molar-refractivity contribution in [1.82, 2.24) is 0 Å². The molecule has 0 nitrogen and oxygen atoms in total. The van der Waals surface area contributed by atoms with Crippen molar-refractivity contribution in [3.8, 4) is 0 Å². The molecule has 0 aromatic carbocycles. The summed E-state index contributed by atoms with van der Waals surface area (Å²) in [7, 11) is 0. The van der Waals surface area contributed by atoms with Crippen LogP contribution in [0.3, 0.4) is 0 Å². The first-order valence-corrected chi connectivity index (χ1v) is 5.41. The zero-order chi connectivity index (χ0) is 8.93. The highest BCUT2D eigenvalue weighted by Gasteiger charge is 2.09. The Morgan fingerprint density at radius 2 is 2.08 bits per heavy atom. The van der Waals surface area contributed by atoms with Crippen LogP contribution in [0.1, 0.15) is 44.9 Å². The minimum Gasteiger partial charge on any atom is -0.0882 e. The van der Waals surface area contributed by atoms with Gasteiger partial charge in [0.2, 0.25) is 0 Å². The number of rotatable bonds is 1. The molecule has 0 bridgehead atoms. The molecule has 0 fully saturated rings. The van der Waals surface area contributed by atoms with Gasteiger partial charge in [-0.1, -0.05) is 18.2 Å². The molecular weight excluding hydrogens is 156 g/mol. The second-order valence-corrected chi connectivity index (χ2v) is 3.84. The predicted octanol–water partition coefficient (Wildman–Crippen LogP) is 3.96. The normalized spacial score (nSPS) is 29.8. The van der Waals surface area contributed by atoms with Crippen molar-refractivity contribution in [3.05, 3.63) is 35.5 Å². The maximum atomic E-state index is 3.50. The summed E-state index contributed by atoms with van der Waals surface area (Å²) in [5, 5.41) is 0. The first-order chi connectivity index (χ1) is 6.47. The average molecular weight is 173 g/mol. The van der Waals surface area contributed by atoms with E-state index in [2.05, 4.69) is 24.3 Å². The van der Waals surface area contributed by atoms with Crippen molar-refractivity contribution in [3.63, 3.8) is 0 Å². The Morgan fingerprint density at radius 3 is 2.92 bits per heavy atom. The number of hydrogen-bond acceptors (Lipinski definition) is 0. The Kier molecular flexibility index (Phi) is 3.02. The summed E-state index contributed by atoms with van der Waals surface area (Å²) in [4.78, 5) is 0. The molecule has 0 amide bonds. The van der Waals surface area contributed by atoms with Gasteiger partial charge in [-0.05, 0) is 62.2 Å². The fourth-order valence-corrected chi connectivity index (χ4v) is 2.08. The van der Waals surface area contributed by atoms with Crippen LogP contribution >= 0.6 is 0 Å². The topological polar surface area (TPSA) is 0 Å². The largest absolute Gasteiger partial charge is 0.0882 e. The van der Waals surface area contributed by atoms with Gasteiger partial charge in [0.05, 0.1) is 0 Å². The third kappa shape index (κ3) is 2.33. The molecule has 0 saturated heterocycles. The molecule has 1 radical (unpaired) electrons. The molecule has 0 N–H and O–H groups in total.